The fraction of sp³-hybridized carbons (Fsp3) is 0.385. The summed E-state index contributed by atoms with van der Waals surface area (Å²) in [4.78, 5) is 45.4. The standard InChI is InChI=1S/C26H31N5O3/c1-16(2)23(30-22(32)15-27-3)26(34)31-21(14-18-10-7-13-28-24(18)31)25(33)29-20-12-6-9-17-8-4-5-11-19(17)20/h6-13,16,21,23,27H,4-5,14-15H2,1-3H3,(H,29,33)(H,30,32). The van der Waals surface area contributed by atoms with Gasteiger partial charge in [-0.1, -0.05) is 44.2 Å². The number of hydrogen-bond acceptors (Lipinski definition) is 5. The molecular weight excluding hydrogens is 430 g/mol. The Kier molecular flexibility index (Phi) is 7.07. The number of anilines is 2. The van der Waals surface area contributed by atoms with Gasteiger partial charge in [-0.2, -0.15) is 0 Å². The molecule has 4 rings (SSSR count). The first-order chi connectivity index (χ1) is 16.4. The Labute approximate surface area is 199 Å². The van der Waals surface area contributed by atoms with Crippen LogP contribution >= 0.6 is 0 Å². The van der Waals surface area contributed by atoms with Gasteiger partial charge >= 0.3 is 0 Å². The van der Waals surface area contributed by atoms with Gasteiger partial charge in [-0.3, -0.25) is 19.3 Å². The van der Waals surface area contributed by atoms with E-state index in [9.17, 15) is 14.4 Å². The van der Waals surface area contributed by atoms with Crippen molar-refractivity contribution < 1.29 is 14.4 Å². The molecule has 0 saturated carbocycles. The van der Waals surface area contributed by atoms with Gasteiger partial charge < -0.3 is 16.0 Å². The summed E-state index contributed by atoms with van der Waals surface area (Å²) in [5, 5.41) is 10.8. The van der Waals surface area contributed by atoms with Crippen molar-refractivity contribution in [1.82, 2.24) is 15.6 Å². The van der Waals surface area contributed by atoms with Crippen LogP contribution in [-0.2, 0) is 20.8 Å². The molecule has 3 amide bonds. The van der Waals surface area contributed by atoms with Crippen molar-refractivity contribution in [3.8, 4) is 0 Å². The van der Waals surface area contributed by atoms with Crippen molar-refractivity contribution in [2.24, 2.45) is 5.92 Å². The van der Waals surface area contributed by atoms with Crippen LogP contribution < -0.4 is 31.3 Å². The molecule has 2 aliphatic rings. The molecule has 2 aromatic rings. The summed E-state index contributed by atoms with van der Waals surface area (Å²) in [6, 6.07) is 7.98. The Bertz CT molecular complexity index is 1220. The summed E-state index contributed by atoms with van der Waals surface area (Å²) < 4.78 is 0. The molecule has 1 aliphatic carbocycles. The van der Waals surface area contributed by atoms with E-state index in [4.69, 9.17) is 0 Å². The number of carbonyl (C=O) groups excluding carboxylic acids is 3. The van der Waals surface area contributed by atoms with Gasteiger partial charge in [0.2, 0.25) is 11.8 Å². The van der Waals surface area contributed by atoms with Gasteiger partial charge in [0, 0.05) is 23.5 Å². The van der Waals surface area contributed by atoms with Crippen molar-refractivity contribution in [3.05, 3.63) is 52.5 Å². The third-order valence-corrected chi connectivity index (χ3v) is 6.22. The molecule has 0 fully saturated rings. The van der Waals surface area contributed by atoms with Gasteiger partial charge in [-0.15, -0.1) is 0 Å². The van der Waals surface area contributed by atoms with E-state index in [1.54, 1.807) is 19.3 Å². The average Bonchev–Trinajstić information content (AvgIpc) is 3.22. The monoisotopic (exact) mass is 461 g/mol. The first kappa shape index (κ1) is 23.6. The van der Waals surface area contributed by atoms with E-state index in [1.165, 1.54) is 4.90 Å². The smallest absolute Gasteiger partial charge is 0.251 e. The van der Waals surface area contributed by atoms with E-state index < -0.39 is 12.1 Å². The fourth-order valence-corrected chi connectivity index (χ4v) is 4.55. The van der Waals surface area contributed by atoms with Crippen LogP contribution in [-0.4, -0.2) is 48.4 Å². The number of carbonyl (C=O) groups is 3. The van der Waals surface area contributed by atoms with Gasteiger partial charge in [-0.05, 0) is 48.7 Å². The van der Waals surface area contributed by atoms with Crippen LogP contribution in [0.4, 0.5) is 11.5 Å². The minimum atomic E-state index is -0.781. The second-order valence-electron chi connectivity index (χ2n) is 9.02. The number of hydrogen-bond donors (Lipinski definition) is 3. The zero-order chi connectivity index (χ0) is 24.2. The quantitative estimate of drug-likeness (QED) is 0.563. The Morgan fingerprint density at radius 2 is 1.91 bits per heavy atom. The number of nitrogens with zero attached hydrogens (tertiary/aromatic N) is 2. The largest absolute Gasteiger partial charge is 0.343 e. The zero-order valence-corrected chi connectivity index (χ0v) is 19.8. The summed E-state index contributed by atoms with van der Waals surface area (Å²) >= 11 is 0. The van der Waals surface area contributed by atoms with Crippen LogP contribution in [0.25, 0.3) is 12.2 Å². The lowest BCUT2D eigenvalue weighted by atomic mass is 10.0. The number of nitrogens with one attached hydrogen (secondary N) is 3. The van der Waals surface area contributed by atoms with Crippen LogP contribution in [0.5, 0.6) is 0 Å². The molecule has 8 heteroatoms. The van der Waals surface area contributed by atoms with Crippen molar-refractivity contribution in [2.45, 2.75) is 45.2 Å². The molecule has 1 aromatic carbocycles. The molecule has 0 radical (unpaired) electrons. The molecule has 1 aromatic heterocycles. The zero-order valence-electron chi connectivity index (χ0n) is 19.8. The number of aromatic nitrogens is 1. The highest BCUT2D eigenvalue weighted by molar-refractivity contribution is 6.09. The Morgan fingerprint density at radius 3 is 2.68 bits per heavy atom. The van der Waals surface area contributed by atoms with Crippen LogP contribution in [0.15, 0.2) is 36.5 Å². The highest BCUT2D eigenvalue weighted by atomic mass is 16.2. The predicted octanol–water partition coefficient (Wildman–Crippen LogP) is 0.693. The topological polar surface area (TPSA) is 103 Å². The number of likely N-dealkylation sites (N-methyl/N-ethyl adjacent to an activating group) is 1. The molecular formula is C26H31N5O3. The van der Waals surface area contributed by atoms with Crippen LogP contribution in [0.3, 0.4) is 0 Å². The normalized spacial score (nSPS) is 17.2. The van der Waals surface area contributed by atoms with Crippen molar-refractivity contribution in [1.29, 1.82) is 0 Å². The maximum absolute atomic E-state index is 13.7. The van der Waals surface area contributed by atoms with E-state index in [0.717, 1.165) is 34.5 Å². The molecule has 1 aliphatic heterocycles. The molecule has 8 nitrogen and oxygen atoms in total. The summed E-state index contributed by atoms with van der Waals surface area (Å²) in [7, 11) is 1.67. The molecule has 2 unspecified atom stereocenters. The van der Waals surface area contributed by atoms with Gasteiger partial charge in [0.15, 0.2) is 0 Å². The number of amides is 3. The SMILES string of the molecule is CNCC(=O)NC(C(=O)N1c2ncccc2CC1C(=O)Nc1cccc2c1=CCCC=2)C(C)C. The number of rotatable bonds is 7. The van der Waals surface area contributed by atoms with E-state index in [0.29, 0.717) is 12.2 Å². The lowest BCUT2D eigenvalue weighted by Crippen LogP contribution is -2.56. The third-order valence-electron chi connectivity index (χ3n) is 6.22. The molecule has 2 atom stereocenters. The molecule has 34 heavy (non-hydrogen) atoms. The number of fused-ring (bicyclic) bond motifs is 2. The van der Waals surface area contributed by atoms with Crippen LogP contribution in [0.2, 0.25) is 0 Å². The first-order valence-corrected chi connectivity index (χ1v) is 11.7. The molecule has 2 heterocycles. The summed E-state index contributed by atoms with van der Waals surface area (Å²) in [5.41, 5.74) is 1.56. The van der Waals surface area contributed by atoms with Gasteiger partial charge in [0.05, 0.1) is 6.54 Å². The lowest BCUT2D eigenvalue weighted by Gasteiger charge is -2.30. The molecule has 0 saturated heterocycles. The van der Waals surface area contributed by atoms with Crippen LogP contribution in [0.1, 0.15) is 32.3 Å². The highest BCUT2D eigenvalue weighted by Gasteiger charge is 2.42. The second kappa shape index (κ2) is 10.2. The highest BCUT2D eigenvalue weighted by Crippen LogP contribution is 2.31. The minimum absolute atomic E-state index is 0.0991. The maximum Gasteiger partial charge on any atom is 0.251 e. The van der Waals surface area contributed by atoms with E-state index >= 15 is 0 Å². The first-order valence-electron chi connectivity index (χ1n) is 11.7. The summed E-state index contributed by atoms with van der Waals surface area (Å²) in [5.74, 6) is -0.597. The van der Waals surface area contributed by atoms with Gasteiger partial charge in [0.1, 0.15) is 17.9 Å². The van der Waals surface area contributed by atoms with E-state index in [-0.39, 0.29) is 30.2 Å². The molecule has 178 valence electrons. The average molecular weight is 462 g/mol. The number of pyridine rings is 1. The minimum Gasteiger partial charge on any atom is -0.343 e. The molecule has 0 bridgehead atoms. The summed E-state index contributed by atoms with van der Waals surface area (Å²) in [6.07, 6.45) is 8.17. The van der Waals surface area contributed by atoms with Crippen molar-refractivity contribution in [3.63, 3.8) is 0 Å². The van der Waals surface area contributed by atoms with Crippen molar-refractivity contribution in [2.75, 3.05) is 23.8 Å². The van der Waals surface area contributed by atoms with E-state index in [1.807, 2.05) is 38.1 Å². The lowest BCUT2D eigenvalue weighted by molar-refractivity contribution is -0.129. The Morgan fingerprint density at radius 1 is 1.12 bits per heavy atom. The Hall–Kier alpha value is -3.52. The van der Waals surface area contributed by atoms with E-state index in [2.05, 4.69) is 33.1 Å². The maximum atomic E-state index is 13.7. The van der Waals surface area contributed by atoms with Crippen molar-refractivity contribution >= 4 is 41.4 Å². The fourth-order valence-electron chi connectivity index (χ4n) is 4.55. The Balaban J connectivity index is 1.65. The molecule has 3 N–H and O–H groups in total. The van der Waals surface area contributed by atoms with Gasteiger partial charge in [-0.25, -0.2) is 4.98 Å². The summed E-state index contributed by atoms with van der Waals surface area (Å²) in [6.45, 7) is 3.84. The number of benzene rings is 1. The second-order valence-corrected chi connectivity index (χ2v) is 9.02. The van der Waals surface area contributed by atoms with Crippen LogP contribution in [0, 0.1) is 5.92 Å². The third kappa shape index (κ3) is 4.72. The molecule has 0 spiro atoms. The van der Waals surface area contributed by atoms with Gasteiger partial charge in [0.25, 0.3) is 5.91 Å². The predicted molar refractivity (Wildman–Crippen MR) is 132 cm³/mol.